The van der Waals surface area contributed by atoms with E-state index in [9.17, 15) is 20.0 Å². The number of carbonyl (C=O) groups is 2. The van der Waals surface area contributed by atoms with Crippen LogP contribution in [-0.4, -0.2) is 60.2 Å². The van der Waals surface area contributed by atoms with Crippen LogP contribution in [0.2, 0.25) is 25.7 Å². The van der Waals surface area contributed by atoms with Crippen LogP contribution in [0.15, 0.2) is 36.5 Å². The van der Waals surface area contributed by atoms with Crippen molar-refractivity contribution in [2.45, 2.75) is 51.7 Å². The van der Waals surface area contributed by atoms with Crippen LogP contribution in [0.4, 0.5) is 4.79 Å². The first-order valence-electron chi connectivity index (χ1n) is 13.0. The molecule has 10 nitrogen and oxygen atoms in total. The smallest absolute Gasteiger partial charge is 0.416 e. The van der Waals surface area contributed by atoms with E-state index in [-0.39, 0.29) is 13.2 Å². The molecule has 0 amide bonds. The summed E-state index contributed by atoms with van der Waals surface area (Å²) in [6.07, 6.45) is 0.290. The Balaban J connectivity index is 1.97. The lowest BCUT2D eigenvalue weighted by Crippen LogP contribution is -2.22. The van der Waals surface area contributed by atoms with Crippen LogP contribution in [0.1, 0.15) is 34.9 Å². The van der Waals surface area contributed by atoms with Crippen LogP contribution in [-0.2, 0) is 21.0 Å². The number of methoxy groups -OCH3 is 2. The van der Waals surface area contributed by atoms with Gasteiger partial charge >= 0.3 is 12.1 Å². The van der Waals surface area contributed by atoms with Gasteiger partial charge in [0, 0.05) is 31.8 Å². The molecule has 0 spiro atoms. The van der Waals surface area contributed by atoms with Crippen molar-refractivity contribution in [1.82, 2.24) is 14.1 Å². The molecule has 40 heavy (non-hydrogen) atoms. The van der Waals surface area contributed by atoms with E-state index in [0.717, 1.165) is 16.1 Å². The third-order valence-electron chi connectivity index (χ3n) is 6.97. The van der Waals surface area contributed by atoms with Gasteiger partial charge in [-0.3, -0.25) is 9.36 Å². The van der Waals surface area contributed by atoms with Crippen molar-refractivity contribution in [1.29, 1.82) is 5.26 Å². The number of carbonyl (C=O) groups excluding carboxylic acids is 1. The van der Waals surface area contributed by atoms with Gasteiger partial charge in [-0.05, 0) is 48.9 Å². The lowest BCUT2D eigenvalue weighted by Gasteiger charge is -2.23. The molecule has 0 saturated heterocycles. The Bertz CT molecular complexity index is 1630. The largest absolute Gasteiger partial charge is 0.496 e. The zero-order valence-electron chi connectivity index (χ0n) is 23.6. The van der Waals surface area contributed by atoms with Gasteiger partial charge in [-0.2, -0.15) is 5.26 Å². The molecule has 11 heteroatoms. The molecule has 0 aliphatic carbocycles. The minimum absolute atomic E-state index is 0.0768. The topological polar surface area (TPSA) is 129 Å². The molecular weight excluding hydrogens is 528 g/mol. The molecule has 2 aromatic heterocycles. The summed E-state index contributed by atoms with van der Waals surface area (Å²) in [4.78, 5) is 29.7. The van der Waals surface area contributed by atoms with E-state index >= 15 is 0 Å². The van der Waals surface area contributed by atoms with Crippen molar-refractivity contribution in [3.63, 3.8) is 0 Å². The summed E-state index contributed by atoms with van der Waals surface area (Å²) >= 11 is 0. The molecule has 2 aromatic carbocycles. The van der Waals surface area contributed by atoms with Crippen LogP contribution in [0.3, 0.4) is 0 Å². The van der Waals surface area contributed by atoms with Gasteiger partial charge < -0.3 is 23.9 Å². The molecule has 2 heterocycles. The number of fused-ring (bicyclic) bond motifs is 2. The molecule has 1 atom stereocenters. The number of hydrogen-bond acceptors (Lipinski definition) is 7. The highest BCUT2D eigenvalue weighted by atomic mass is 28.3. The quantitative estimate of drug-likeness (QED) is 0.148. The third kappa shape index (κ3) is 5.73. The molecule has 4 aromatic rings. The first-order chi connectivity index (χ1) is 19.0. The molecule has 210 valence electrons. The summed E-state index contributed by atoms with van der Waals surface area (Å²) in [7, 11) is 1.53. The van der Waals surface area contributed by atoms with Gasteiger partial charge in [-0.1, -0.05) is 19.6 Å². The second kappa shape index (κ2) is 11.5. The van der Waals surface area contributed by atoms with Crippen LogP contribution in [0, 0.1) is 18.3 Å². The van der Waals surface area contributed by atoms with E-state index in [4.69, 9.17) is 19.2 Å². The summed E-state index contributed by atoms with van der Waals surface area (Å²) in [6, 6.07) is 11.9. The maximum atomic E-state index is 12.8. The summed E-state index contributed by atoms with van der Waals surface area (Å²) in [5.41, 5.74) is 3.63. The average molecular weight is 563 g/mol. The summed E-state index contributed by atoms with van der Waals surface area (Å²) < 4.78 is 20.1. The van der Waals surface area contributed by atoms with Crippen molar-refractivity contribution < 1.29 is 28.9 Å². The molecule has 4 rings (SSSR count). The minimum Gasteiger partial charge on any atom is -0.496 e. The Hall–Kier alpha value is -4.14. The van der Waals surface area contributed by atoms with Crippen molar-refractivity contribution >= 4 is 42.1 Å². The first kappa shape index (κ1) is 28.9. The van der Waals surface area contributed by atoms with Crippen molar-refractivity contribution in [3.05, 3.63) is 59.0 Å². The predicted molar refractivity (Wildman–Crippen MR) is 154 cm³/mol. The number of hydrogen-bond donors (Lipinski definition) is 1. The van der Waals surface area contributed by atoms with E-state index in [1.54, 1.807) is 24.3 Å². The number of rotatable bonds is 10. The highest BCUT2D eigenvalue weighted by molar-refractivity contribution is 6.76. The molecule has 0 radical (unpaired) electrons. The molecule has 0 aliphatic rings. The zero-order valence-corrected chi connectivity index (χ0v) is 24.6. The van der Waals surface area contributed by atoms with Crippen molar-refractivity contribution in [2.75, 3.05) is 20.8 Å². The van der Waals surface area contributed by atoms with E-state index in [1.165, 1.54) is 20.4 Å². The van der Waals surface area contributed by atoms with Gasteiger partial charge in [0.15, 0.2) is 0 Å². The highest BCUT2D eigenvalue weighted by Gasteiger charge is 2.31. The molecule has 0 saturated carbocycles. The van der Waals surface area contributed by atoms with E-state index in [0.29, 0.717) is 51.3 Å². The monoisotopic (exact) mass is 562 g/mol. The molecule has 1 unspecified atom stereocenters. The minimum atomic E-state index is -1.33. The van der Waals surface area contributed by atoms with Gasteiger partial charge in [0.05, 0.1) is 54.7 Å². The maximum Gasteiger partial charge on any atom is 0.416 e. The first-order valence-corrected chi connectivity index (χ1v) is 16.7. The molecule has 0 bridgehead atoms. The second-order valence-electron chi connectivity index (χ2n) is 10.9. The molecule has 0 fully saturated rings. The molecule has 0 aliphatic heterocycles. The van der Waals surface area contributed by atoms with E-state index < -0.39 is 26.1 Å². The Labute approximate surface area is 233 Å². The lowest BCUT2D eigenvalue weighted by molar-refractivity contribution is -0.140. The van der Waals surface area contributed by atoms with E-state index in [2.05, 4.69) is 25.7 Å². The maximum absolute atomic E-state index is 12.8. The molecular formula is C29H34N4O6Si. The summed E-state index contributed by atoms with van der Waals surface area (Å²) in [5, 5.41) is 19.9. The van der Waals surface area contributed by atoms with Crippen LogP contribution in [0.5, 0.6) is 5.75 Å². The molecule has 1 N–H and O–H groups in total. The lowest BCUT2D eigenvalue weighted by atomic mass is 9.89. The fourth-order valence-electron chi connectivity index (χ4n) is 4.94. The van der Waals surface area contributed by atoms with Crippen LogP contribution < -0.4 is 4.74 Å². The fraction of sp³-hybridized carbons (Fsp3) is 0.379. The Morgan fingerprint density at radius 1 is 1.18 bits per heavy atom. The second-order valence-corrected chi connectivity index (χ2v) is 16.6. The number of benzene rings is 2. The van der Waals surface area contributed by atoms with Gasteiger partial charge in [0.25, 0.3) is 0 Å². The van der Waals surface area contributed by atoms with Gasteiger partial charge in [-0.15, -0.1) is 0 Å². The van der Waals surface area contributed by atoms with Crippen molar-refractivity contribution in [2.24, 2.45) is 0 Å². The number of nitrogens with zero attached hydrogens (tertiary/aromatic N) is 4. The normalized spacial score (nSPS) is 12.4. The summed E-state index contributed by atoms with van der Waals surface area (Å²) in [6.45, 7) is 9.42. The number of aromatic nitrogens is 3. The SMILES string of the molecule is COC(=O)CC(c1c(OC)cc(C)c2c1ccn2C(=O)O)c1nc2cc(C#N)ccc2n1COCC[Si](C)(C)C. The third-order valence-corrected chi connectivity index (χ3v) is 8.68. The predicted octanol–water partition coefficient (Wildman–Crippen LogP) is 5.71. The standard InChI is InChI=1S/C29H34N4O6Si/c1-18-13-24(37-2)26(20-9-10-32(27(18)20)29(35)36)21(15-25(34)38-3)28-31-22-14-19(16-30)7-8-23(22)33(28)17-39-11-12-40(4,5)6/h7-10,13-14,21H,11-12,15,17H2,1-6H3,(H,35,36). The number of aryl methyl sites for hydroxylation is 1. The number of ether oxygens (including phenoxy) is 3. The Morgan fingerprint density at radius 3 is 2.55 bits per heavy atom. The van der Waals surface area contributed by atoms with Gasteiger partial charge in [-0.25, -0.2) is 9.78 Å². The van der Waals surface area contributed by atoms with Crippen LogP contribution in [0.25, 0.3) is 21.9 Å². The Morgan fingerprint density at radius 2 is 1.93 bits per heavy atom. The van der Waals surface area contributed by atoms with Crippen LogP contribution >= 0.6 is 0 Å². The van der Waals surface area contributed by atoms with E-state index in [1.807, 2.05) is 17.6 Å². The number of nitriles is 1. The number of esters is 1. The average Bonchev–Trinajstić information content (AvgIpc) is 3.51. The zero-order chi connectivity index (χ0) is 29.2. The number of carboxylic acid groups (broad SMARTS) is 1. The summed E-state index contributed by atoms with van der Waals surface area (Å²) in [5.74, 6) is -0.115. The van der Waals surface area contributed by atoms with Crippen molar-refractivity contribution in [3.8, 4) is 11.8 Å². The van der Waals surface area contributed by atoms with Gasteiger partial charge in [0.2, 0.25) is 0 Å². The number of imidazole rings is 1. The van der Waals surface area contributed by atoms with Gasteiger partial charge in [0.1, 0.15) is 18.3 Å². The Kier molecular flexibility index (Phi) is 8.32. The highest BCUT2D eigenvalue weighted by Crippen LogP contribution is 2.42. The fourth-order valence-corrected chi connectivity index (χ4v) is 5.70.